The van der Waals surface area contributed by atoms with E-state index in [1.54, 1.807) is 14.2 Å². The molecule has 25 heavy (non-hydrogen) atoms. The van der Waals surface area contributed by atoms with E-state index in [0.717, 1.165) is 45.1 Å². The third-order valence-electron chi connectivity index (χ3n) is 3.81. The normalized spacial score (nSPS) is 12.1. The van der Waals surface area contributed by atoms with Gasteiger partial charge in [0.05, 0.1) is 19.9 Å². The molecule has 0 bridgehead atoms. The van der Waals surface area contributed by atoms with Gasteiger partial charge in [0.2, 0.25) is 6.79 Å². The van der Waals surface area contributed by atoms with E-state index in [2.05, 4.69) is 10.3 Å². The fourth-order valence-electron chi connectivity index (χ4n) is 2.57. The van der Waals surface area contributed by atoms with E-state index in [0.29, 0.717) is 0 Å². The maximum Gasteiger partial charge on any atom is 0.231 e. The van der Waals surface area contributed by atoms with Crippen LogP contribution in [0.1, 0.15) is 0 Å². The fourth-order valence-corrected chi connectivity index (χ4v) is 3.30. The Morgan fingerprint density at radius 3 is 2.76 bits per heavy atom. The van der Waals surface area contributed by atoms with Crippen molar-refractivity contribution in [2.75, 3.05) is 26.3 Å². The zero-order valence-corrected chi connectivity index (χ0v) is 14.6. The van der Waals surface area contributed by atoms with Crippen molar-refractivity contribution in [3.05, 3.63) is 41.8 Å². The number of thiazole rings is 1. The first kappa shape index (κ1) is 15.6. The Morgan fingerprint density at radius 1 is 1.04 bits per heavy atom. The number of fused-ring (bicyclic) bond motifs is 1. The third kappa shape index (κ3) is 3.06. The fraction of sp³-hybridized carbons (Fsp3) is 0.167. The lowest BCUT2D eigenvalue weighted by molar-refractivity contribution is 0.174. The monoisotopic (exact) mass is 356 g/mol. The quantitative estimate of drug-likeness (QED) is 0.735. The Bertz CT molecular complexity index is 910. The predicted molar refractivity (Wildman–Crippen MR) is 96.5 cm³/mol. The minimum absolute atomic E-state index is 0.260. The molecule has 0 radical (unpaired) electrons. The van der Waals surface area contributed by atoms with Crippen molar-refractivity contribution < 1.29 is 18.9 Å². The van der Waals surface area contributed by atoms with Gasteiger partial charge in [-0.05, 0) is 30.3 Å². The number of ether oxygens (including phenoxy) is 4. The molecule has 7 heteroatoms. The third-order valence-corrected chi connectivity index (χ3v) is 4.57. The second-order valence-electron chi connectivity index (χ2n) is 5.30. The highest BCUT2D eigenvalue weighted by Gasteiger charge is 2.15. The van der Waals surface area contributed by atoms with Gasteiger partial charge in [-0.2, -0.15) is 0 Å². The Hall–Kier alpha value is -2.93. The number of nitrogens with one attached hydrogen (secondary N) is 1. The summed E-state index contributed by atoms with van der Waals surface area (Å²) in [7, 11) is 3.28. The van der Waals surface area contributed by atoms with Crippen molar-refractivity contribution in [3.63, 3.8) is 0 Å². The molecule has 4 rings (SSSR count). The van der Waals surface area contributed by atoms with Crippen molar-refractivity contribution in [1.82, 2.24) is 4.98 Å². The molecule has 128 valence electrons. The number of hydrogen-bond donors (Lipinski definition) is 1. The molecule has 1 aliphatic rings. The van der Waals surface area contributed by atoms with Gasteiger partial charge in [-0.1, -0.05) is 0 Å². The number of anilines is 2. The maximum absolute atomic E-state index is 5.44. The molecule has 1 N–H and O–H groups in total. The van der Waals surface area contributed by atoms with Crippen molar-refractivity contribution in [3.8, 4) is 34.3 Å². The van der Waals surface area contributed by atoms with E-state index >= 15 is 0 Å². The van der Waals surface area contributed by atoms with Crippen LogP contribution in [0.5, 0.6) is 23.0 Å². The maximum atomic E-state index is 5.44. The molecule has 0 aliphatic carbocycles. The molecule has 0 amide bonds. The molecule has 0 unspecified atom stereocenters. The van der Waals surface area contributed by atoms with Crippen LogP contribution in [-0.2, 0) is 0 Å². The van der Waals surface area contributed by atoms with Crippen molar-refractivity contribution >= 4 is 22.2 Å². The van der Waals surface area contributed by atoms with Crippen LogP contribution in [0.25, 0.3) is 11.3 Å². The van der Waals surface area contributed by atoms with Gasteiger partial charge < -0.3 is 24.3 Å². The molecule has 0 fully saturated rings. The Labute approximate surface area is 148 Å². The van der Waals surface area contributed by atoms with Crippen LogP contribution in [0.3, 0.4) is 0 Å². The average Bonchev–Trinajstić information content (AvgIpc) is 3.30. The topological polar surface area (TPSA) is 61.8 Å². The van der Waals surface area contributed by atoms with Gasteiger partial charge >= 0.3 is 0 Å². The van der Waals surface area contributed by atoms with Crippen LogP contribution >= 0.6 is 11.3 Å². The second kappa shape index (κ2) is 6.52. The summed E-state index contributed by atoms with van der Waals surface area (Å²) in [4.78, 5) is 4.65. The summed E-state index contributed by atoms with van der Waals surface area (Å²) in [5, 5.41) is 6.05. The van der Waals surface area contributed by atoms with E-state index < -0.39 is 0 Å². The first-order valence-electron chi connectivity index (χ1n) is 7.61. The minimum Gasteiger partial charge on any atom is -0.497 e. The minimum atomic E-state index is 0.260. The van der Waals surface area contributed by atoms with Gasteiger partial charge in [-0.3, -0.25) is 0 Å². The van der Waals surface area contributed by atoms with Gasteiger partial charge in [-0.15, -0.1) is 11.3 Å². The molecule has 6 nitrogen and oxygen atoms in total. The van der Waals surface area contributed by atoms with E-state index in [-0.39, 0.29) is 6.79 Å². The standard InChI is InChI=1S/C18H16N2O4S/c1-21-12-4-6-15(22-2)13(8-12)14-9-25-18(20-14)19-11-3-5-16-17(7-11)24-10-23-16/h3-9H,10H2,1-2H3,(H,19,20). The second-order valence-corrected chi connectivity index (χ2v) is 6.16. The van der Waals surface area contributed by atoms with Crippen LogP contribution < -0.4 is 24.3 Å². The predicted octanol–water partition coefficient (Wildman–Crippen LogP) is 4.30. The smallest absolute Gasteiger partial charge is 0.231 e. The van der Waals surface area contributed by atoms with Gasteiger partial charge in [0.15, 0.2) is 16.6 Å². The van der Waals surface area contributed by atoms with Gasteiger partial charge in [-0.25, -0.2) is 4.98 Å². The summed E-state index contributed by atoms with van der Waals surface area (Å²) in [5.74, 6) is 3.00. The summed E-state index contributed by atoms with van der Waals surface area (Å²) in [6, 6.07) is 11.4. The lowest BCUT2D eigenvalue weighted by Crippen LogP contribution is -1.93. The Morgan fingerprint density at radius 2 is 1.92 bits per heavy atom. The highest BCUT2D eigenvalue weighted by molar-refractivity contribution is 7.14. The van der Waals surface area contributed by atoms with Crippen molar-refractivity contribution in [2.24, 2.45) is 0 Å². The Kier molecular flexibility index (Phi) is 4.07. The summed E-state index contributed by atoms with van der Waals surface area (Å²) < 4.78 is 21.5. The van der Waals surface area contributed by atoms with Gasteiger partial charge in [0, 0.05) is 22.7 Å². The van der Waals surface area contributed by atoms with Crippen LogP contribution in [-0.4, -0.2) is 26.0 Å². The molecule has 0 spiro atoms. The summed E-state index contributed by atoms with van der Waals surface area (Å²) in [5.41, 5.74) is 2.60. The molecular weight excluding hydrogens is 340 g/mol. The molecule has 0 atom stereocenters. The van der Waals surface area contributed by atoms with Crippen LogP contribution in [0.15, 0.2) is 41.8 Å². The SMILES string of the molecule is COc1ccc(OC)c(-c2csc(Nc3ccc4c(c3)OCO4)n2)c1. The molecule has 2 heterocycles. The molecule has 1 aliphatic heterocycles. The number of hydrogen-bond acceptors (Lipinski definition) is 7. The lowest BCUT2D eigenvalue weighted by Gasteiger charge is -2.08. The molecule has 0 saturated heterocycles. The summed E-state index contributed by atoms with van der Waals surface area (Å²) in [6.07, 6.45) is 0. The Balaban J connectivity index is 1.60. The summed E-state index contributed by atoms with van der Waals surface area (Å²) >= 11 is 1.51. The lowest BCUT2D eigenvalue weighted by atomic mass is 10.1. The van der Waals surface area contributed by atoms with E-state index in [9.17, 15) is 0 Å². The largest absolute Gasteiger partial charge is 0.497 e. The average molecular weight is 356 g/mol. The zero-order valence-electron chi connectivity index (χ0n) is 13.7. The molecule has 2 aromatic carbocycles. The molecular formula is C18H16N2O4S. The number of methoxy groups -OCH3 is 2. The van der Waals surface area contributed by atoms with Crippen LogP contribution in [0, 0.1) is 0 Å². The first-order chi connectivity index (χ1) is 12.3. The molecule has 3 aromatic rings. The number of aromatic nitrogens is 1. The van der Waals surface area contributed by atoms with Crippen molar-refractivity contribution in [2.45, 2.75) is 0 Å². The van der Waals surface area contributed by atoms with E-state index in [1.165, 1.54) is 11.3 Å². The van der Waals surface area contributed by atoms with Crippen molar-refractivity contribution in [1.29, 1.82) is 0 Å². The van der Waals surface area contributed by atoms with E-state index in [1.807, 2.05) is 41.8 Å². The molecule has 1 aromatic heterocycles. The number of benzene rings is 2. The van der Waals surface area contributed by atoms with Gasteiger partial charge in [0.25, 0.3) is 0 Å². The molecule has 0 saturated carbocycles. The van der Waals surface area contributed by atoms with Crippen LogP contribution in [0.2, 0.25) is 0 Å². The number of nitrogens with zero attached hydrogens (tertiary/aromatic N) is 1. The first-order valence-corrected chi connectivity index (χ1v) is 8.49. The van der Waals surface area contributed by atoms with Gasteiger partial charge in [0.1, 0.15) is 11.5 Å². The highest BCUT2D eigenvalue weighted by Crippen LogP contribution is 2.38. The van der Waals surface area contributed by atoms with E-state index in [4.69, 9.17) is 18.9 Å². The summed E-state index contributed by atoms with van der Waals surface area (Å²) in [6.45, 7) is 0.260. The van der Waals surface area contributed by atoms with Crippen LogP contribution in [0.4, 0.5) is 10.8 Å². The highest BCUT2D eigenvalue weighted by atomic mass is 32.1. The number of rotatable bonds is 5. The zero-order chi connectivity index (χ0) is 17.2.